The number of amides is 1. The molecule has 0 bridgehead atoms. The number of hydrogen-bond donors (Lipinski definition) is 1. The highest BCUT2D eigenvalue weighted by molar-refractivity contribution is 5.77. The molecule has 1 amide bonds. The molecule has 26 heavy (non-hydrogen) atoms. The molecule has 1 saturated heterocycles. The molecule has 0 radical (unpaired) electrons. The minimum atomic E-state index is -0.323. The molecular formula is C20H24N2O4. The smallest absolute Gasteiger partial charge is 0.223 e. The quantitative estimate of drug-likeness (QED) is 0.823. The van der Waals surface area contributed by atoms with Gasteiger partial charge in [-0.2, -0.15) is 0 Å². The van der Waals surface area contributed by atoms with E-state index in [4.69, 9.17) is 14.2 Å². The summed E-state index contributed by atoms with van der Waals surface area (Å²) in [6.07, 6.45) is 4.03. The van der Waals surface area contributed by atoms with Crippen LogP contribution < -0.4 is 14.8 Å². The fourth-order valence-corrected chi connectivity index (χ4v) is 2.94. The molecular weight excluding hydrogens is 332 g/mol. The monoisotopic (exact) mass is 356 g/mol. The van der Waals surface area contributed by atoms with Gasteiger partial charge in [0.05, 0.1) is 19.1 Å². The highest BCUT2D eigenvalue weighted by Crippen LogP contribution is 2.28. The average Bonchev–Trinajstić information content (AvgIpc) is 3.07. The van der Waals surface area contributed by atoms with Crippen molar-refractivity contribution in [2.45, 2.75) is 38.3 Å². The van der Waals surface area contributed by atoms with Crippen LogP contribution in [0.2, 0.25) is 0 Å². The lowest BCUT2D eigenvalue weighted by molar-refractivity contribution is -0.126. The van der Waals surface area contributed by atoms with Gasteiger partial charge in [-0.25, -0.2) is 4.98 Å². The minimum absolute atomic E-state index is 0.00823. The second kappa shape index (κ2) is 8.19. The lowest BCUT2D eigenvalue weighted by atomic mass is 9.98. The second-order valence-corrected chi connectivity index (χ2v) is 6.64. The van der Waals surface area contributed by atoms with Crippen LogP contribution in [0.3, 0.4) is 0 Å². The predicted octanol–water partition coefficient (Wildman–Crippen LogP) is 3.46. The van der Waals surface area contributed by atoms with Gasteiger partial charge in [-0.1, -0.05) is 12.1 Å². The highest BCUT2D eigenvalue weighted by Gasteiger charge is 2.32. The normalized spacial score (nSPS) is 19.2. The van der Waals surface area contributed by atoms with E-state index in [1.165, 1.54) is 0 Å². The van der Waals surface area contributed by atoms with Crippen molar-refractivity contribution in [2.75, 3.05) is 13.7 Å². The molecule has 0 aliphatic carbocycles. The van der Waals surface area contributed by atoms with Crippen LogP contribution in [0.1, 0.15) is 31.7 Å². The van der Waals surface area contributed by atoms with Crippen LogP contribution in [0.15, 0.2) is 42.6 Å². The number of ether oxygens (including phenoxy) is 3. The number of carbonyl (C=O) groups is 1. The number of aromatic nitrogens is 1. The van der Waals surface area contributed by atoms with Gasteiger partial charge >= 0.3 is 0 Å². The van der Waals surface area contributed by atoms with E-state index in [-0.39, 0.29) is 11.5 Å². The number of nitrogens with zero attached hydrogens (tertiary/aromatic N) is 1. The topological polar surface area (TPSA) is 69.7 Å². The molecule has 1 fully saturated rings. The van der Waals surface area contributed by atoms with Crippen molar-refractivity contribution in [3.8, 4) is 17.4 Å². The molecule has 6 nitrogen and oxygen atoms in total. The molecule has 1 N–H and O–H groups in total. The first-order valence-electron chi connectivity index (χ1n) is 8.74. The number of methoxy groups -OCH3 is 1. The van der Waals surface area contributed by atoms with Gasteiger partial charge in [-0.05, 0) is 37.5 Å². The third-order valence-corrected chi connectivity index (χ3v) is 4.39. The molecule has 1 aliphatic heterocycles. The number of hydrogen-bond acceptors (Lipinski definition) is 5. The summed E-state index contributed by atoms with van der Waals surface area (Å²) in [5, 5.41) is 2.92. The predicted molar refractivity (Wildman–Crippen MR) is 97.4 cm³/mol. The van der Waals surface area contributed by atoms with Gasteiger partial charge in [0.25, 0.3) is 0 Å². The lowest BCUT2D eigenvalue weighted by Gasteiger charge is -2.22. The Bertz CT molecular complexity index is 740. The van der Waals surface area contributed by atoms with E-state index in [9.17, 15) is 4.79 Å². The van der Waals surface area contributed by atoms with Gasteiger partial charge in [0.15, 0.2) is 0 Å². The lowest BCUT2D eigenvalue weighted by Crippen LogP contribution is -2.33. The van der Waals surface area contributed by atoms with Gasteiger partial charge in [0.2, 0.25) is 11.8 Å². The SMILES string of the molecule is COc1cccc(Oc2ccc(CNC(=O)CC3(C)CCCO3)cn2)c1. The van der Waals surface area contributed by atoms with E-state index in [2.05, 4.69) is 10.3 Å². The van der Waals surface area contributed by atoms with Gasteiger partial charge in [0, 0.05) is 31.5 Å². The van der Waals surface area contributed by atoms with Crippen LogP contribution in [0.5, 0.6) is 17.4 Å². The van der Waals surface area contributed by atoms with Crippen molar-refractivity contribution in [3.05, 3.63) is 48.2 Å². The van der Waals surface area contributed by atoms with Crippen molar-refractivity contribution in [1.29, 1.82) is 0 Å². The zero-order valence-electron chi connectivity index (χ0n) is 15.2. The summed E-state index contributed by atoms with van der Waals surface area (Å²) < 4.78 is 16.5. The van der Waals surface area contributed by atoms with Gasteiger partial charge < -0.3 is 19.5 Å². The van der Waals surface area contributed by atoms with Crippen molar-refractivity contribution in [3.63, 3.8) is 0 Å². The van der Waals surface area contributed by atoms with Gasteiger partial charge in [-0.15, -0.1) is 0 Å². The molecule has 138 valence electrons. The summed E-state index contributed by atoms with van der Waals surface area (Å²) in [4.78, 5) is 16.4. The maximum Gasteiger partial charge on any atom is 0.223 e. The van der Waals surface area contributed by atoms with Crippen molar-refractivity contribution >= 4 is 5.91 Å². The summed E-state index contributed by atoms with van der Waals surface area (Å²) in [7, 11) is 1.61. The standard InChI is InChI=1S/C20H24N2O4/c1-20(9-4-10-25-20)12-18(23)21-13-15-7-8-19(22-14-15)26-17-6-3-5-16(11-17)24-2/h3,5-8,11,14H,4,9-10,12-13H2,1-2H3,(H,21,23). The summed E-state index contributed by atoms with van der Waals surface area (Å²) in [6.45, 7) is 3.16. The molecule has 3 rings (SSSR count). The number of pyridine rings is 1. The first kappa shape index (κ1) is 18.2. The molecule has 1 aromatic carbocycles. The zero-order valence-corrected chi connectivity index (χ0v) is 15.2. The Kier molecular flexibility index (Phi) is 5.73. The number of rotatable bonds is 7. The first-order chi connectivity index (χ1) is 12.6. The molecule has 1 atom stereocenters. The van der Waals surface area contributed by atoms with Gasteiger partial charge in [0.1, 0.15) is 11.5 Å². The third-order valence-electron chi connectivity index (χ3n) is 4.39. The molecule has 0 spiro atoms. The minimum Gasteiger partial charge on any atom is -0.497 e. The second-order valence-electron chi connectivity index (χ2n) is 6.64. The Balaban J connectivity index is 1.50. The van der Waals surface area contributed by atoms with Crippen LogP contribution in [-0.2, 0) is 16.1 Å². The summed E-state index contributed by atoms with van der Waals surface area (Å²) in [6, 6.07) is 11.0. The van der Waals surface area contributed by atoms with E-state index in [1.54, 1.807) is 25.4 Å². The van der Waals surface area contributed by atoms with E-state index >= 15 is 0 Å². The average molecular weight is 356 g/mol. The van der Waals surface area contributed by atoms with E-state index in [0.717, 1.165) is 30.8 Å². The summed E-state index contributed by atoms with van der Waals surface area (Å²) in [5.74, 6) is 1.86. The van der Waals surface area contributed by atoms with E-state index in [0.29, 0.717) is 24.6 Å². The maximum atomic E-state index is 12.1. The van der Waals surface area contributed by atoms with Crippen molar-refractivity contribution in [2.24, 2.45) is 0 Å². The Morgan fingerprint density at radius 2 is 2.15 bits per heavy atom. The fraction of sp³-hybridized carbons (Fsp3) is 0.400. The van der Waals surface area contributed by atoms with Crippen LogP contribution in [-0.4, -0.2) is 30.2 Å². The van der Waals surface area contributed by atoms with E-state index in [1.807, 2.05) is 31.2 Å². The zero-order chi connectivity index (χ0) is 18.4. The highest BCUT2D eigenvalue weighted by atomic mass is 16.5. The van der Waals surface area contributed by atoms with Gasteiger partial charge in [-0.3, -0.25) is 4.79 Å². The Labute approximate surface area is 153 Å². The van der Waals surface area contributed by atoms with Crippen LogP contribution >= 0.6 is 0 Å². The van der Waals surface area contributed by atoms with Crippen LogP contribution in [0.4, 0.5) is 0 Å². The van der Waals surface area contributed by atoms with Crippen molar-refractivity contribution in [1.82, 2.24) is 10.3 Å². The maximum absolute atomic E-state index is 12.1. The molecule has 2 heterocycles. The number of benzene rings is 1. The van der Waals surface area contributed by atoms with E-state index < -0.39 is 0 Å². The molecule has 1 unspecified atom stereocenters. The molecule has 0 saturated carbocycles. The molecule has 6 heteroatoms. The number of nitrogens with one attached hydrogen (secondary N) is 1. The largest absolute Gasteiger partial charge is 0.497 e. The summed E-state index contributed by atoms with van der Waals surface area (Å²) in [5.41, 5.74) is 0.588. The number of carbonyl (C=O) groups excluding carboxylic acids is 1. The van der Waals surface area contributed by atoms with Crippen LogP contribution in [0, 0.1) is 0 Å². The summed E-state index contributed by atoms with van der Waals surface area (Å²) >= 11 is 0. The Hall–Kier alpha value is -2.60. The third kappa shape index (κ3) is 4.95. The molecule has 1 aromatic heterocycles. The molecule has 1 aliphatic rings. The van der Waals surface area contributed by atoms with Crippen LogP contribution in [0.25, 0.3) is 0 Å². The first-order valence-corrected chi connectivity index (χ1v) is 8.74. The van der Waals surface area contributed by atoms with Crippen molar-refractivity contribution < 1.29 is 19.0 Å². The Morgan fingerprint density at radius 3 is 2.85 bits per heavy atom. The fourth-order valence-electron chi connectivity index (χ4n) is 2.94. The Morgan fingerprint density at radius 1 is 1.31 bits per heavy atom. The molecule has 2 aromatic rings.